The van der Waals surface area contributed by atoms with Gasteiger partial charge in [0.1, 0.15) is 0 Å². The van der Waals surface area contributed by atoms with Crippen molar-refractivity contribution in [3.8, 4) is 0 Å². The molecule has 0 saturated carbocycles. The maximum Gasteiger partial charge on any atom is 0.190 e. The highest BCUT2D eigenvalue weighted by Crippen LogP contribution is 2.33. The van der Waals surface area contributed by atoms with Crippen LogP contribution in [0.3, 0.4) is 0 Å². The molecular formula is C17H25N3S. The third kappa shape index (κ3) is 4.05. The minimum Gasteiger partial charge on any atom is -0.321 e. The molecule has 1 N–H and O–H groups in total. The molecule has 3 nitrogen and oxygen atoms in total. The van der Waals surface area contributed by atoms with Crippen molar-refractivity contribution < 1.29 is 0 Å². The quantitative estimate of drug-likeness (QED) is 0.761. The van der Waals surface area contributed by atoms with Gasteiger partial charge in [-0.1, -0.05) is 50.3 Å². The van der Waals surface area contributed by atoms with Gasteiger partial charge < -0.3 is 10.2 Å². The maximum atomic E-state index is 4.87. The summed E-state index contributed by atoms with van der Waals surface area (Å²) in [5.41, 5.74) is 2.40. The topological polar surface area (TPSA) is 28.2 Å². The second kappa shape index (κ2) is 7.57. The van der Waals surface area contributed by atoms with Crippen LogP contribution in [0.4, 0.5) is 10.8 Å². The van der Waals surface area contributed by atoms with Gasteiger partial charge in [0.05, 0.1) is 5.69 Å². The molecule has 0 saturated heterocycles. The Kier molecular flexibility index (Phi) is 5.76. The van der Waals surface area contributed by atoms with E-state index in [1.165, 1.54) is 16.3 Å². The summed E-state index contributed by atoms with van der Waals surface area (Å²) < 4.78 is 0. The van der Waals surface area contributed by atoms with Crippen molar-refractivity contribution in [2.24, 2.45) is 0 Å². The number of nitrogens with one attached hydrogen (secondary N) is 1. The molecule has 2 aromatic rings. The van der Waals surface area contributed by atoms with Gasteiger partial charge >= 0.3 is 0 Å². The summed E-state index contributed by atoms with van der Waals surface area (Å²) in [6.07, 6.45) is 1.16. The molecule has 0 aliphatic carbocycles. The summed E-state index contributed by atoms with van der Waals surface area (Å²) in [4.78, 5) is 8.39. The molecule has 0 aliphatic rings. The molecule has 0 fully saturated rings. The molecule has 1 aromatic carbocycles. The number of aromatic nitrogens is 1. The van der Waals surface area contributed by atoms with E-state index in [0.717, 1.165) is 24.6 Å². The van der Waals surface area contributed by atoms with Crippen LogP contribution in [0, 0.1) is 0 Å². The molecule has 0 unspecified atom stereocenters. The van der Waals surface area contributed by atoms with Crippen LogP contribution in [-0.4, -0.2) is 18.6 Å². The van der Waals surface area contributed by atoms with Gasteiger partial charge in [0.2, 0.25) is 0 Å². The Labute approximate surface area is 132 Å². The molecule has 0 aliphatic heterocycles. The number of hydrogen-bond donors (Lipinski definition) is 1. The maximum absolute atomic E-state index is 4.87. The zero-order valence-electron chi connectivity index (χ0n) is 13.4. The van der Waals surface area contributed by atoms with Gasteiger partial charge in [-0.15, -0.1) is 0 Å². The molecule has 0 bridgehead atoms. The second-order valence-corrected chi connectivity index (χ2v) is 6.59. The Hall–Kier alpha value is -1.39. The average Bonchev–Trinajstić information content (AvgIpc) is 2.92. The first-order chi connectivity index (χ1) is 10.1. The fraction of sp³-hybridized carbons (Fsp3) is 0.471. The van der Waals surface area contributed by atoms with E-state index in [1.807, 2.05) is 6.07 Å². The van der Waals surface area contributed by atoms with Crippen LogP contribution in [0.5, 0.6) is 0 Å². The van der Waals surface area contributed by atoms with Crippen molar-refractivity contribution in [1.29, 1.82) is 0 Å². The molecule has 1 heterocycles. The highest BCUT2D eigenvalue weighted by molar-refractivity contribution is 7.15. The monoisotopic (exact) mass is 303 g/mol. The Morgan fingerprint density at radius 3 is 2.57 bits per heavy atom. The molecule has 0 amide bonds. The molecule has 1 aromatic heterocycles. The van der Waals surface area contributed by atoms with Gasteiger partial charge in [-0.05, 0) is 31.0 Å². The Balaban J connectivity index is 2.22. The van der Waals surface area contributed by atoms with Gasteiger partial charge in [-0.3, -0.25) is 0 Å². The standard InChI is InChI=1S/C17H25N3S/c1-5-11-18-12-15-16(13(2)3)19-17(21-15)20(4)14-9-7-6-8-10-14/h6-10,13,18H,5,11-12H2,1-4H3. The highest BCUT2D eigenvalue weighted by atomic mass is 32.1. The van der Waals surface area contributed by atoms with Crippen molar-refractivity contribution in [2.75, 3.05) is 18.5 Å². The number of para-hydroxylation sites is 1. The van der Waals surface area contributed by atoms with Crippen LogP contribution >= 0.6 is 11.3 Å². The predicted molar refractivity (Wildman–Crippen MR) is 92.7 cm³/mol. The highest BCUT2D eigenvalue weighted by Gasteiger charge is 2.16. The first-order valence-electron chi connectivity index (χ1n) is 7.62. The van der Waals surface area contributed by atoms with Crippen LogP contribution in [-0.2, 0) is 6.54 Å². The second-order valence-electron chi connectivity index (χ2n) is 5.53. The summed E-state index contributed by atoms with van der Waals surface area (Å²) >= 11 is 1.79. The zero-order valence-corrected chi connectivity index (χ0v) is 14.2. The Morgan fingerprint density at radius 1 is 1.24 bits per heavy atom. The Morgan fingerprint density at radius 2 is 1.95 bits per heavy atom. The summed E-state index contributed by atoms with van der Waals surface area (Å²) in [5.74, 6) is 0.456. The third-order valence-corrected chi connectivity index (χ3v) is 4.55. The van der Waals surface area contributed by atoms with Crippen molar-refractivity contribution in [3.63, 3.8) is 0 Å². The van der Waals surface area contributed by atoms with Gasteiger partial charge in [0.15, 0.2) is 5.13 Å². The fourth-order valence-corrected chi connectivity index (χ4v) is 3.38. The largest absolute Gasteiger partial charge is 0.321 e. The Bertz CT molecular complexity index is 548. The van der Waals surface area contributed by atoms with E-state index in [0.29, 0.717) is 5.92 Å². The molecule has 4 heteroatoms. The summed E-state index contributed by atoms with van der Waals surface area (Å²) in [7, 11) is 2.08. The predicted octanol–water partition coefficient (Wildman–Crippen LogP) is 4.53. The summed E-state index contributed by atoms with van der Waals surface area (Å²) in [5, 5.41) is 4.56. The molecule has 114 valence electrons. The first kappa shape index (κ1) is 16.0. The van der Waals surface area contributed by atoms with Crippen LogP contribution in [0.15, 0.2) is 30.3 Å². The van der Waals surface area contributed by atoms with Crippen molar-refractivity contribution in [1.82, 2.24) is 10.3 Å². The minimum absolute atomic E-state index is 0.456. The number of rotatable bonds is 7. The normalized spacial score (nSPS) is 11.1. The number of thiazole rings is 1. The van der Waals surface area contributed by atoms with E-state index >= 15 is 0 Å². The van der Waals surface area contributed by atoms with Gasteiger partial charge in [-0.25, -0.2) is 4.98 Å². The first-order valence-corrected chi connectivity index (χ1v) is 8.44. The van der Waals surface area contributed by atoms with E-state index < -0.39 is 0 Å². The molecule has 2 rings (SSSR count). The number of nitrogens with zero attached hydrogens (tertiary/aromatic N) is 2. The molecule has 21 heavy (non-hydrogen) atoms. The van der Waals surface area contributed by atoms with Crippen LogP contribution in [0.25, 0.3) is 0 Å². The van der Waals surface area contributed by atoms with E-state index in [-0.39, 0.29) is 0 Å². The molecule has 0 atom stereocenters. The van der Waals surface area contributed by atoms with Gasteiger partial charge in [0.25, 0.3) is 0 Å². The van der Waals surface area contributed by atoms with Crippen LogP contribution < -0.4 is 10.2 Å². The van der Waals surface area contributed by atoms with E-state index in [4.69, 9.17) is 4.98 Å². The lowest BCUT2D eigenvalue weighted by atomic mass is 10.1. The third-order valence-electron chi connectivity index (χ3n) is 3.41. The van der Waals surface area contributed by atoms with Crippen LogP contribution in [0.1, 0.15) is 43.7 Å². The lowest BCUT2D eigenvalue weighted by Gasteiger charge is -2.15. The number of anilines is 2. The number of hydrogen-bond acceptors (Lipinski definition) is 4. The molecule has 0 radical (unpaired) electrons. The number of benzene rings is 1. The SMILES string of the molecule is CCCNCc1sc(N(C)c2ccccc2)nc1C(C)C. The average molecular weight is 303 g/mol. The smallest absolute Gasteiger partial charge is 0.190 e. The van der Waals surface area contributed by atoms with Crippen molar-refractivity contribution >= 4 is 22.2 Å². The van der Waals surface area contributed by atoms with E-state index in [9.17, 15) is 0 Å². The minimum atomic E-state index is 0.456. The zero-order chi connectivity index (χ0) is 15.2. The fourth-order valence-electron chi connectivity index (χ4n) is 2.21. The lowest BCUT2D eigenvalue weighted by molar-refractivity contribution is 0.670. The van der Waals surface area contributed by atoms with Crippen molar-refractivity contribution in [2.45, 2.75) is 39.7 Å². The van der Waals surface area contributed by atoms with E-state index in [1.54, 1.807) is 11.3 Å². The van der Waals surface area contributed by atoms with Gasteiger partial charge in [-0.2, -0.15) is 0 Å². The van der Waals surface area contributed by atoms with Crippen LogP contribution in [0.2, 0.25) is 0 Å². The summed E-state index contributed by atoms with van der Waals surface area (Å²) in [6.45, 7) is 8.59. The lowest BCUT2D eigenvalue weighted by Crippen LogP contribution is -2.14. The summed E-state index contributed by atoms with van der Waals surface area (Å²) in [6, 6.07) is 10.4. The molecule has 0 spiro atoms. The van der Waals surface area contributed by atoms with Gasteiger partial charge in [0, 0.05) is 24.2 Å². The molecular weight excluding hydrogens is 278 g/mol. The van der Waals surface area contributed by atoms with E-state index in [2.05, 4.69) is 62.3 Å². The van der Waals surface area contributed by atoms with Crippen molar-refractivity contribution in [3.05, 3.63) is 40.9 Å².